The second kappa shape index (κ2) is 9.56. The molecule has 0 spiro atoms. The number of carbonyl (C=O) groups is 1. The lowest BCUT2D eigenvalue weighted by Crippen LogP contribution is -2.31. The van der Waals surface area contributed by atoms with Crippen molar-refractivity contribution in [1.82, 2.24) is 5.01 Å². The summed E-state index contributed by atoms with van der Waals surface area (Å²) in [5.41, 5.74) is 5.03. The van der Waals surface area contributed by atoms with Gasteiger partial charge in [-0.3, -0.25) is 4.79 Å². The van der Waals surface area contributed by atoms with Gasteiger partial charge in [-0.05, 0) is 78.4 Å². The molecule has 2 atom stereocenters. The number of amides is 1. The number of hydrazone groups is 1. The molecule has 2 aliphatic rings. The van der Waals surface area contributed by atoms with E-state index in [1.54, 1.807) is 19.2 Å². The van der Waals surface area contributed by atoms with Crippen LogP contribution < -0.4 is 9.47 Å². The van der Waals surface area contributed by atoms with Gasteiger partial charge in [0.15, 0.2) is 0 Å². The summed E-state index contributed by atoms with van der Waals surface area (Å²) in [6.07, 6.45) is 5.20. The van der Waals surface area contributed by atoms with Crippen LogP contribution in [0.5, 0.6) is 11.5 Å². The van der Waals surface area contributed by atoms with Crippen molar-refractivity contribution < 1.29 is 14.3 Å². The van der Waals surface area contributed by atoms with Gasteiger partial charge in [-0.1, -0.05) is 42.5 Å². The third-order valence-corrected chi connectivity index (χ3v) is 6.64. The molecule has 3 aromatic rings. The Hall–Kier alpha value is -3.86. The van der Waals surface area contributed by atoms with Crippen molar-refractivity contribution in [1.29, 1.82) is 0 Å². The highest BCUT2D eigenvalue weighted by Crippen LogP contribution is 2.45. The van der Waals surface area contributed by atoms with E-state index in [-0.39, 0.29) is 17.9 Å². The Morgan fingerprint density at radius 1 is 0.912 bits per heavy atom. The molecule has 1 aliphatic heterocycles. The monoisotopic (exact) mass is 452 g/mol. The summed E-state index contributed by atoms with van der Waals surface area (Å²) < 4.78 is 10.6. The lowest BCUT2D eigenvalue weighted by Gasteiger charge is -2.29. The van der Waals surface area contributed by atoms with E-state index >= 15 is 0 Å². The summed E-state index contributed by atoms with van der Waals surface area (Å²) in [5, 5.41) is 6.67. The van der Waals surface area contributed by atoms with Crippen LogP contribution in [0, 0.1) is 5.92 Å². The minimum absolute atomic E-state index is 0.0767. The van der Waals surface area contributed by atoms with Crippen LogP contribution in [-0.2, 0) is 0 Å². The maximum atomic E-state index is 13.6. The highest BCUT2D eigenvalue weighted by Gasteiger charge is 2.43. The number of hydrogen-bond donors (Lipinski definition) is 0. The van der Waals surface area contributed by atoms with E-state index in [4.69, 9.17) is 14.6 Å². The van der Waals surface area contributed by atoms with E-state index < -0.39 is 0 Å². The molecule has 5 heteroatoms. The number of allylic oxidation sites excluding steroid dienone is 1. The second-order valence-electron chi connectivity index (χ2n) is 8.66. The van der Waals surface area contributed by atoms with Crippen LogP contribution in [0.4, 0.5) is 0 Å². The number of benzene rings is 3. The predicted octanol–water partition coefficient (Wildman–Crippen LogP) is 6.14. The standard InChI is InChI=1S/C29H28N2O3/c1-33-24-15-11-20(12-16-24)19-23-9-6-10-26-27(23)30-31(29(32)22-7-4-3-5-8-22)28(26)21-13-17-25(34-2)18-14-21/h3-5,7-8,11-19,26,28H,6,9-10H2,1-2H3/b23-19+. The Bertz CT molecular complexity index is 1210. The Labute approximate surface area is 200 Å². The first-order valence-corrected chi connectivity index (χ1v) is 11.6. The molecule has 2 unspecified atom stereocenters. The van der Waals surface area contributed by atoms with Crippen LogP contribution in [0.25, 0.3) is 6.08 Å². The van der Waals surface area contributed by atoms with Crippen molar-refractivity contribution in [3.05, 3.63) is 101 Å². The van der Waals surface area contributed by atoms with Gasteiger partial charge < -0.3 is 9.47 Å². The van der Waals surface area contributed by atoms with Gasteiger partial charge in [0.25, 0.3) is 5.91 Å². The molecular formula is C29H28N2O3. The van der Waals surface area contributed by atoms with Gasteiger partial charge in [0.2, 0.25) is 0 Å². The Morgan fingerprint density at radius 2 is 1.56 bits per heavy atom. The lowest BCUT2D eigenvalue weighted by atomic mass is 9.77. The molecule has 1 amide bonds. The second-order valence-corrected chi connectivity index (χ2v) is 8.66. The fraction of sp³-hybridized carbons (Fsp3) is 0.241. The van der Waals surface area contributed by atoms with Gasteiger partial charge in [-0.15, -0.1) is 0 Å². The van der Waals surface area contributed by atoms with Crippen molar-refractivity contribution in [3.63, 3.8) is 0 Å². The molecule has 5 rings (SSSR count). The molecule has 5 nitrogen and oxygen atoms in total. The number of fused-ring (bicyclic) bond motifs is 1. The molecule has 1 saturated carbocycles. The van der Waals surface area contributed by atoms with Crippen molar-refractivity contribution in [2.24, 2.45) is 11.0 Å². The number of rotatable bonds is 5. The summed E-state index contributed by atoms with van der Waals surface area (Å²) in [5.74, 6) is 1.71. The summed E-state index contributed by atoms with van der Waals surface area (Å²) in [6.45, 7) is 0. The summed E-state index contributed by atoms with van der Waals surface area (Å²) in [4.78, 5) is 13.6. The van der Waals surface area contributed by atoms with Crippen LogP contribution in [0.3, 0.4) is 0 Å². The maximum absolute atomic E-state index is 13.6. The van der Waals surface area contributed by atoms with Crippen molar-refractivity contribution in [3.8, 4) is 11.5 Å². The van der Waals surface area contributed by atoms with Gasteiger partial charge in [0.05, 0.1) is 26.0 Å². The van der Waals surface area contributed by atoms with Gasteiger partial charge in [0.1, 0.15) is 11.5 Å². The molecule has 3 aromatic carbocycles. The van der Waals surface area contributed by atoms with Gasteiger partial charge in [-0.25, -0.2) is 5.01 Å². The van der Waals surface area contributed by atoms with Crippen molar-refractivity contribution >= 4 is 17.7 Å². The number of hydrogen-bond acceptors (Lipinski definition) is 4. The van der Waals surface area contributed by atoms with Gasteiger partial charge in [0, 0.05) is 11.5 Å². The Morgan fingerprint density at radius 3 is 2.21 bits per heavy atom. The van der Waals surface area contributed by atoms with E-state index in [0.29, 0.717) is 5.56 Å². The lowest BCUT2D eigenvalue weighted by molar-refractivity contribution is 0.0681. The van der Waals surface area contributed by atoms with Crippen LogP contribution in [-0.4, -0.2) is 30.8 Å². The molecule has 1 heterocycles. The summed E-state index contributed by atoms with van der Waals surface area (Å²) in [7, 11) is 3.33. The first-order chi connectivity index (χ1) is 16.7. The highest BCUT2D eigenvalue weighted by molar-refractivity contribution is 6.09. The molecule has 0 N–H and O–H groups in total. The van der Waals surface area contributed by atoms with Crippen LogP contribution in [0.1, 0.15) is 46.8 Å². The van der Waals surface area contributed by atoms with Crippen LogP contribution >= 0.6 is 0 Å². The fourth-order valence-corrected chi connectivity index (χ4v) is 4.92. The van der Waals surface area contributed by atoms with Gasteiger partial charge >= 0.3 is 0 Å². The molecule has 0 aromatic heterocycles. The Kier molecular flexibility index (Phi) is 6.17. The minimum Gasteiger partial charge on any atom is -0.497 e. The molecule has 0 saturated heterocycles. The number of methoxy groups -OCH3 is 2. The van der Waals surface area contributed by atoms with Crippen LogP contribution in [0.15, 0.2) is 89.5 Å². The average molecular weight is 453 g/mol. The first kappa shape index (κ1) is 22.0. The molecule has 1 aliphatic carbocycles. The molecule has 172 valence electrons. The third-order valence-electron chi connectivity index (χ3n) is 6.64. The average Bonchev–Trinajstić information content (AvgIpc) is 3.30. The van der Waals surface area contributed by atoms with Crippen molar-refractivity contribution in [2.75, 3.05) is 14.2 Å². The zero-order valence-corrected chi connectivity index (χ0v) is 19.5. The van der Waals surface area contributed by atoms with Crippen molar-refractivity contribution in [2.45, 2.75) is 25.3 Å². The SMILES string of the molecule is COc1ccc(/C=C2\CCCC3C2=NN(C(=O)c2ccccc2)C3c2ccc(OC)cc2)cc1. The third kappa shape index (κ3) is 4.21. The molecule has 0 bridgehead atoms. The largest absolute Gasteiger partial charge is 0.497 e. The normalized spacial score (nSPS) is 20.6. The van der Waals surface area contributed by atoms with E-state index in [9.17, 15) is 4.79 Å². The van der Waals surface area contributed by atoms with E-state index in [0.717, 1.165) is 47.6 Å². The van der Waals surface area contributed by atoms with E-state index in [1.165, 1.54) is 5.57 Å². The zero-order chi connectivity index (χ0) is 23.5. The number of ether oxygens (including phenoxy) is 2. The molecule has 0 radical (unpaired) electrons. The highest BCUT2D eigenvalue weighted by atomic mass is 16.5. The quantitative estimate of drug-likeness (QED) is 0.467. The Balaban J connectivity index is 1.55. The molecular weight excluding hydrogens is 424 g/mol. The first-order valence-electron chi connectivity index (χ1n) is 11.6. The maximum Gasteiger partial charge on any atom is 0.274 e. The van der Waals surface area contributed by atoms with Crippen LogP contribution in [0.2, 0.25) is 0 Å². The molecule has 1 fully saturated rings. The van der Waals surface area contributed by atoms with E-state index in [2.05, 4.69) is 30.3 Å². The summed E-state index contributed by atoms with van der Waals surface area (Å²) >= 11 is 0. The van der Waals surface area contributed by atoms with Gasteiger partial charge in [-0.2, -0.15) is 5.10 Å². The smallest absolute Gasteiger partial charge is 0.274 e. The van der Waals surface area contributed by atoms with E-state index in [1.807, 2.05) is 54.6 Å². The number of carbonyl (C=O) groups excluding carboxylic acids is 1. The fourth-order valence-electron chi connectivity index (χ4n) is 4.92. The predicted molar refractivity (Wildman–Crippen MR) is 134 cm³/mol. The minimum atomic E-state index is -0.145. The zero-order valence-electron chi connectivity index (χ0n) is 19.5. The number of nitrogens with zero attached hydrogens (tertiary/aromatic N) is 2. The molecule has 34 heavy (non-hydrogen) atoms. The summed E-state index contributed by atoms with van der Waals surface area (Å²) in [6, 6.07) is 25.3. The topological polar surface area (TPSA) is 51.1 Å².